The lowest BCUT2D eigenvalue weighted by Gasteiger charge is -2.34. The normalized spacial score (nSPS) is 21.7. The van der Waals surface area contributed by atoms with Crippen LogP contribution in [-0.2, 0) is 20.9 Å². The highest BCUT2D eigenvalue weighted by Crippen LogP contribution is 2.34. The maximum Gasteiger partial charge on any atom is 0.307 e. The molecule has 0 radical (unpaired) electrons. The highest BCUT2D eigenvalue weighted by atomic mass is 16.5. The number of hydrogen-bond donors (Lipinski definition) is 1. The fourth-order valence-electron chi connectivity index (χ4n) is 4.82. The van der Waals surface area contributed by atoms with Crippen molar-refractivity contribution in [2.24, 2.45) is 11.8 Å². The molecule has 0 bridgehead atoms. The largest absolute Gasteiger partial charge is 0.493 e. The summed E-state index contributed by atoms with van der Waals surface area (Å²) in [6.45, 7) is 5.11. The van der Waals surface area contributed by atoms with Gasteiger partial charge in [0, 0.05) is 38.3 Å². The average Bonchev–Trinajstić information content (AvgIpc) is 2.83. The van der Waals surface area contributed by atoms with Crippen LogP contribution >= 0.6 is 0 Å². The number of carbonyl (C=O) groups excluding carboxylic acids is 1. The standard InChI is InChI=1S/C24H36N2O6/c1-30-21-10-5-7-18(22(21)31-2)17-26(12-6-11-25-13-15-32-16-14-25)23(27)19-8-3-4-9-20(19)24(28)29/h5,7,10,19-20H,3-4,6,8-9,11-17H2,1-2H3,(H,28,29). The quantitative estimate of drug-likeness (QED) is 0.589. The van der Waals surface area contributed by atoms with E-state index in [9.17, 15) is 14.7 Å². The Morgan fingerprint density at radius 1 is 1.12 bits per heavy atom. The summed E-state index contributed by atoms with van der Waals surface area (Å²) in [6, 6.07) is 5.64. The van der Waals surface area contributed by atoms with Gasteiger partial charge in [0.1, 0.15) is 0 Å². The molecular weight excluding hydrogens is 412 g/mol. The number of amides is 1. The SMILES string of the molecule is COc1cccc(CN(CCCN2CCOCC2)C(=O)C2CCCCC2C(=O)O)c1OC. The Kier molecular flexibility index (Phi) is 9.17. The van der Waals surface area contributed by atoms with Crippen molar-refractivity contribution in [2.45, 2.75) is 38.6 Å². The van der Waals surface area contributed by atoms with Gasteiger partial charge in [0.25, 0.3) is 0 Å². The molecule has 0 aromatic heterocycles. The number of morpholine rings is 1. The highest BCUT2D eigenvalue weighted by Gasteiger charge is 2.38. The number of rotatable bonds is 10. The van der Waals surface area contributed by atoms with Crippen LogP contribution < -0.4 is 9.47 Å². The molecule has 2 fully saturated rings. The number of hydrogen-bond acceptors (Lipinski definition) is 6. The van der Waals surface area contributed by atoms with Crippen LogP contribution in [0.3, 0.4) is 0 Å². The van der Waals surface area contributed by atoms with E-state index in [2.05, 4.69) is 4.90 Å². The van der Waals surface area contributed by atoms with Gasteiger partial charge in [-0.05, 0) is 25.3 Å². The third-order valence-corrected chi connectivity index (χ3v) is 6.56. The number of methoxy groups -OCH3 is 2. The van der Waals surface area contributed by atoms with Crippen LogP contribution in [-0.4, -0.2) is 80.4 Å². The lowest BCUT2D eigenvalue weighted by Crippen LogP contribution is -2.44. The number of carboxylic acids is 1. The molecule has 32 heavy (non-hydrogen) atoms. The first-order chi connectivity index (χ1) is 15.5. The van der Waals surface area contributed by atoms with Gasteiger partial charge in [0.15, 0.2) is 11.5 Å². The Morgan fingerprint density at radius 3 is 2.50 bits per heavy atom. The molecule has 8 heteroatoms. The summed E-state index contributed by atoms with van der Waals surface area (Å²) >= 11 is 0. The number of para-hydroxylation sites is 1. The summed E-state index contributed by atoms with van der Waals surface area (Å²) in [4.78, 5) is 29.6. The number of benzene rings is 1. The van der Waals surface area contributed by atoms with E-state index in [1.165, 1.54) is 0 Å². The third kappa shape index (κ3) is 6.13. The van der Waals surface area contributed by atoms with Crippen LogP contribution in [0.15, 0.2) is 18.2 Å². The molecule has 1 aromatic rings. The second-order valence-corrected chi connectivity index (χ2v) is 8.56. The van der Waals surface area contributed by atoms with E-state index in [1.807, 2.05) is 23.1 Å². The molecule has 8 nitrogen and oxygen atoms in total. The van der Waals surface area contributed by atoms with Gasteiger partial charge in [-0.3, -0.25) is 14.5 Å². The van der Waals surface area contributed by atoms with Crippen molar-refractivity contribution in [3.8, 4) is 11.5 Å². The van der Waals surface area contributed by atoms with E-state index in [0.29, 0.717) is 37.4 Å². The number of ether oxygens (including phenoxy) is 3. The Labute approximate surface area is 190 Å². The number of aliphatic carboxylic acids is 1. The Morgan fingerprint density at radius 2 is 1.84 bits per heavy atom. The number of carboxylic acid groups (broad SMARTS) is 1. The van der Waals surface area contributed by atoms with Crippen molar-refractivity contribution in [1.82, 2.24) is 9.80 Å². The monoisotopic (exact) mass is 448 g/mol. The maximum atomic E-state index is 13.6. The minimum Gasteiger partial charge on any atom is -0.493 e. The summed E-state index contributed by atoms with van der Waals surface area (Å²) in [7, 11) is 3.18. The second kappa shape index (κ2) is 12.1. The van der Waals surface area contributed by atoms with E-state index in [4.69, 9.17) is 14.2 Å². The van der Waals surface area contributed by atoms with Crippen molar-refractivity contribution in [3.63, 3.8) is 0 Å². The van der Waals surface area contributed by atoms with Crippen molar-refractivity contribution in [1.29, 1.82) is 0 Å². The summed E-state index contributed by atoms with van der Waals surface area (Å²) < 4.78 is 16.4. The molecule has 178 valence electrons. The van der Waals surface area contributed by atoms with Gasteiger partial charge in [-0.2, -0.15) is 0 Å². The van der Waals surface area contributed by atoms with Crippen molar-refractivity contribution in [3.05, 3.63) is 23.8 Å². The van der Waals surface area contributed by atoms with Gasteiger partial charge in [-0.25, -0.2) is 0 Å². The van der Waals surface area contributed by atoms with E-state index in [1.54, 1.807) is 14.2 Å². The van der Waals surface area contributed by atoms with Gasteiger partial charge in [0.05, 0.1) is 39.3 Å². The molecule has 2 atom stereocenters. The molecule has 1 heterocycles. The lowest BCUT2D eigenvalue weighted by atomic mass is 9.78. The molecule has 1 aliphatic carbocycles. The molecule has 3 rings (SSSR count). The van der Waals surface area contributed by atoms with Crippen LogP contribution in [0.2, 0.25) is 0 Å². The van der Waals surface area contributed by atoms with Crippen LogP contribution in [0.5, 0.6) is 11.5 Å². The fraction of sp³-hybridized carbons (Fsp3) is 0.667. The Balaban J connectivity index is 1.77. The van der Waals surface area contributed by atoms with E-state index in [0.717, 1.165) is 57.7 Å². The minimum absolute atomic E-state index is 0.0658. The zero-order chi connectivity index (χ0) is 22.9. The number of nitrogens with zero attached hydrogens (tertiary/aromatic N) is 2. The molecule has 1 saturated carbocycles. The summed E-state index contributed by atoms with van der Waals surface area (Å²) in [6.07, 6.45) is 3.77. The van der Waals surface area contributed by atoms with Crippen LogP contribution in [0.25, 0.3) is 0 Å². The molecule has 1 N–H and O–H groups in total. The molecule has 1 saturated heterocycles. The molecular formula is C24H36N2O6. The first-order valence-electron chi connectivity index (χ1n) is 11.6. The Hall–Kier alpha value is -2.32. The van der Waals surface area contributed by atoms with Crippen LogP contribution in [0.4, 0.5) is 0 Å². The molecule has 1 aromatic carbocycles. The van der Waals surface area contributed by atoms with Crippen molar-refractivity contribution < 1.29 is 28.9 Å². The lowest BCUT2D eigenvalue weighted by molar-refractivity contribution is -0.152. The van der Waals surface area contributed by atoms with Gasteiger partial charge in [-0.1, -0.05) is 25.0 Å². The summed E-state index contributed by atoms with van der Waals surface area (Å²) in [5.41, 5.74) is 0.856. The Bertz CT molecular complexity index is 765. The van der Waals surface area contributed by atoms with Gasteiger partial charge in [0.2, 0.25) is 5.91 Å². The van der Waals surface area contributed by atoms with E-state index in [-0.39, 0.29) is 5.91 Å². The van der Waals surface area contributed by atoms with Crippen molar-refractivity contribution >= 4 is 11.9 Å². The smallest absolute Gasteiger partial charge is 0.307 e. The molecule has 2 unspecified atom stereocenters. The molecule has 1 aliphatic heterocycles. The van der Waals surface area contributed by atoms with Gasteiger partial charge >= 0.3 is 5.97 Å². The van der Waals surface area contributed by atoms with Crippen LogP contribution in [0.1, 0.15) is 37.7 Å². The van der Waals surface area contributed by atoms with Gasteiger partial charge < -0.3 is 24.2 Å². The third-order valence-electron chi connectivity index (χ3n) is 6.56. The minimum atomic E-state index is -0.865. The number of carbonyl (C=O) groups is 2. The first kappa shape index (κ1) is 24.3. The molecule has 2 aliphatic rings. The van der Waals surface area contributed by atoms with Crippen molar-refractivity contribution in [2.75, 3.05) is 53.6 Å². The zero-order valence-corrected chi connectivity index (χ0v) is 19.3. The average molecular weight is 449 g/mol. The van der Waals surface area contributed by atoms with E-state index >= 15 is 0 Å². The first-order valence-corrected chi connectivity index (χ1v) is 11.6. The summed E-state index contributed by atoms with van der Waals surface area (Å²) in [5.74, 6) is -0.781. The topological polar surface area (TPSA) is 88.5 Å². The van der Waals surface area contributed by atoms with E-state index < -0.39 is 17.8 Å². The predicted octanol–water partition coefficient (Wildman–Crippen LogP) is 2.65. The highest BCUT2D eigenvalue weighted by molar-refractivity contribution is 5.85. The molecule has 1 amide bonds. The second-order valence-electron chi connectivity index (χ2n) is 8.56. The van der Waals surface area contributed by atoms with Gasteiger partial charge in [-0.15, -0.1) is 0 Å². The fourth-order valence-corrected chi connectivity index (χ4v) is 4.82. The predicted molar refractivity (Wildman–Crippen MR) is 120 cm³/mol. The molecule has 0 spiro atoms. The van der Waals surface area contributed by atoms with Crippen LogP contribution in [0, 0.1) is 11.8 Å². The zero-order valence-electron chi connectivity index (χ0n) is 19.3. The summed E-state index contributed by atoms with van der Waals surface area (Å²) in [5, 5.41) is 9.70. The maximum absolute atomic E-state index is 13.6.